The van der Waals surface area contributed by atoms with Crippen molar-refractivity contribution in [2.24, 2.45) is 0 Å². The molecular formula is C27H20N2O2. The summed E-state index contributed by atoms with van der Waals surface area (Å²) in [4.78, 5) is 14.2. The second-order valence-electron chi connectivity index (χ2n) is 8.29. The molecule has 0 fully saturated rings. The van der Waals surface area contributed by atoms with Crippen molar-refractivity contribution in [2.75, 3.05) is 0 Å². The molecular weight excluding hydrogens is 384 g/mol. The highest BCUT2D eigenvalue weighted by atomic mass is 16.6. The Morgan fingerprint density at radius 2 is 1.55 bits per heavy atom. The van der Waals surface area contributed by atoms with Gasteiger partial charge in [0, 0.05) is 18.2 Å². The lowest BCUT2D eigenvalue weighted by Gasteiger charge is -2.33. The average molecular weight is 404 g/mol. The highest BCUT2D eigenvalue weighted by molar-refractivity contribution is 6.11. The van der Waals surface area contributed by atoms with Gasteiger partial charge < -0.3 is 0 Å². The first-order valence-electron chi connectivity index (χ1n) is 10.7. The van der Waals surface area contributed by atoms with E-state index in [1.807, 2.05) is 0 Å². The fourth-order valence-electron chi connectivity index (χ4n) is 5.38. The summed E-state index contributed by atoms with van der Waals surface area (Å²) in [6, 6.07) is 24.6. The highest BCUT2D eigenvalue weighted by Gasteiger charge is 2.29. The van der Waals surface area contributed by atoms with Gasteiger partial charge in [-0.25, -0.2) is 0 Å². The van der Waals surface area contributed by atoms with Crippen molar-refractivity contribution in [1.29, 1.82) is 0 Å². The van der Waals surface area contributed by atoms with E-state index in [-0.39, 0.29) is 5.69 Å². The van der Waals surface area contributed by atoms with Crippen molar-refractivity contribution in [3.8, 4) is 0 Å². The van der Waals surface area contributed by atoms with Crippen LogP contribution in [0.15, 0.2) is 79.0 Å². The predicted molar refractivity (Wildman–Crippen MR) is 125 cm³/mol. The van der Waals surface area contributed by atoms with Crippen LogP contribution < -0.4 is 0 Å². The smallest absolute Gasteiger partial charge is 0.258 e. The lowest BCUT2D eigenvalue weighted by Crippen LogP contribution is -2.15. The third-order valence-electron chi connectivity index (χ3n) is 6.71. The summed E-state index contributed by atoms with van der Waals surface area (Å²) >= 11 is 0. The molecule has 1 heterocycles. The predicted octanol–water partition coefficient (Wildman–Crippen LogP) is 6.92. The van der Waals surface area contributed by atoms with Crippen LogP contribution in [-0.2, 0) is 6.42 Å². The number of pyridine rings is 1. The molecule has 5 aromatic rings. The van der Waals surface area contributed by atoms with E-state index in [0.29, 0.717) is 16.8 Å². The van der Waals surface area contributed by atoms with Gasteiger partial charge in [-0.1, -0.05) is 48.5 Å². The van der Waals surface area contributed by atoms with E-state index >= 15 is 0 Å². The summed E-state index contributed by atoms with van der Waals surface area (Å²) < 4.78 is 0. The monoisotopic (exact) mass is 404 g/mol. The maximum absolute atomic E-state index is 10.6. The van der Waals surface area contributed by atoms with Crippen LogP contribution in [-0.4, -0.2) is 9.91 Å². The first-order valence-corrected chi connectivity index (χ1v) is 10.7. The molecule has 4 nitrogen and oxygen atoms in total. The minimum absolute atomic E-state index is 0.102. The second-order valence-corrected chi connectivity index (χ2v) is 8.29. The molecule has 2 aliphatic rings. The third kappa shape index (κ3) is 2.72. The molecule has 1 unspecified atom stereocenters. The minimum Gasteiger partial charge on any atom is -0.258 e. The highest BCUT2D eigenvalue weighted by Crippen LogP contribution is 2.48. The quantitative estimate of drug-likeness (QED) is 0.173. The molecule has 0 N–H and O–H groups in total. The number of fused-ring (bicyclic) bond motifs is 6. The number of rotatable bonds is 1. The molecule has 4 aromatic carbocycles. The summed E-state index contributed by atoms with van der Waals surface area (Å²) in [7, 11) is 0. The van der Waals surface area contributed by atoms with Crippen LogP contribution in [0, 0.1) is 10.1 Å². The molecule has 31 heavy (non-hydrogen) atoms. The zero-order valence-corrected chi connectivity index (χ0v) is 16.9. The van der Waals surface area contributed by atoms with Crippen molar-refractivity contribution >= 4 is 38.1 Å². The molecule has 1 atom stereocenters. The molecule has 0 aliphatic heterocycles. The topological polar surface area (TPSA) is 56.0 Å². The Bertz CT molecular complexity index is 1500. The van der Waals surface area contributed by atoms with Crippen molar-refractivity contribution in [2.45, 2.75) is 25.2 Å². The Labute approximate surface area is 179 Å². The number of hydrogen-bond acceptors (Lipinski definition) is 3. The van der Waals surface area contributed by atoms with Gasteiger partial charge in [0.05, 0.1) is 15.8 Å². The van der Waals surface area contributed by atoms with Gasteiger partial charge in [-0.15, -0.1) is 0 Å². The molecule has 0 radical (unpaired) electrons. The Morgan fingerprint density at radius 1 is 0.806 bits per heavy atom. The molecule has 5 bridgehead atoms. The summed E-state index contributed by atoms with van der Waals surface area (Å²) in [6.07, 6.45) is 5.40. The van der Waals surface area contributed by atoms with Gasteiger partial charge in [-0.05, 0) is 75.7 Å². The number of nitrogens with zero attached hydrogens (tertiary/aromatic N) is 2. The molecule has 1 aromatic heterocycles. The summed E-state index contributed by atoms with van der Waals surface area (Å²) in [5.74, 6) is 0.664. The molecule has 2 aliphatic carbocycles. The number of aromatic nitrogens is 1. The lowest BCUT2D eigenvalue weighted by molar-refractivity contribution is -0.383. The van der Waals surface area contributed by atoms with Crippen molar-refractivity contribution < 1.29 is 4.92 Å². The SMILES string of the molecule is O=[N+]([O-])c1ccnc2ccccc12.c1ccc2c(c1)c1cc3c4c(ccc32)C1CCC4. The van der Waals surface area contributed by atoms with Crippen LogP contribution in [0.2, 0.25) is 0 Å². The summed E-state index contributed by atoms with van der Waals surface area (Å²) in [6.45, 7) is 0. The van der Waals surface area contributed by atoms with Gasteiger partial charge in [0.1, 0.15) is 0 Å². The van der Waals surface area contributed by atoms with Gasteiger partial charge in [-0.3, -0.25) is 15.1 Å². The Kier molecular flexibility index (Phi) is 4.00. The third-order valence-corrected chi connectivity index (χ3v) is 6.71. The largest absolute Gasteiger partial charge is 0.280 e. The van der Waals surface area contributed by atoms with Crippen molar-refractivity contribution in [3.05, 3.63) is 106 Å². The van der Waals surface area contributed by atoms with E-state index in [1.165, 1.54) is 53.1 Å². The number of benzene rings is 4. The van der Waals surface area contributed by atoms with Crippen LogP contribution >= 0.6 is 0 Å². The molecule has 4 heteroatoms. The Balaban J connectivity index is 0.000000127. The van der Waals surface area contributed by atoms with E-state index < -0.39 is 4.92 Å². The van der Waals surface area contributed by atoms with Gasteiger partial charge >= 0.3 is 0 Å². The fourth-order valence-corrected chi connectivity index (χ4v) is 5.38. The van der Waals surface area contributed by atoms with Crippen molar-refractivity contribution in [3.63, 3.8) is 0 Å². The maximum atomic E-state index is 10.6. The Hall–Kier alpha value is -3.79. The fraction of sp³-hybridized carbons (Fsp3) is 0.148. The van der Waals surface area contributed by atoms with Crippen LogP contribution in [0.4, 0.5) is 5.69 Å². The van der Waals surface area contributed by atoms with Crippen molar-refractivity contribution in [1.82, 2.24) is 4.98 Å². The summed E-state index contributed by atoms with van der Waals surface area (Å²) in [5, 5.41) is 17.1. The number of aryl methyl sites for hydroxylation is 1. The van der Waals surface area contributed by atoms with Crippen LogP contribution in [0.25, 0.3) is 32.4 Å². The van der Waals surface area contributed by atoms with Gasteiger partial charge in [-0.2, -0.15) is 0 Å². The van der Waals surface area contributed by atoms with Gasteiger partial charge in [0.2, 0.25) is 0 Å². The normalized spacial score (nSPS) is 15.9. The van der Waals surface area contributed by atoms with E-state index in [4.69, 9.17) is 0 Å². The number of nitro groups is 1. The lowest BCUT2D eigenvalue weighted by atomic mass is 9.71. The maximum Gasteiger partial charge on any atom is 0.280 e. The molecule has 0 spiro atoms. The second kappa shape index (κ2) is 6.88. The zero-order chi connectivity index (χ0) is 20.9. The summed E-state index contributed by atoms with van der Waals surface area (Å²) in [5.41, 5.74) is 5.59. The first kappa shape index (κ1) is 18.0. The number of hydrogen-bond donors (Lipinski definition) is 0. The van der Waals surface area contributed by atoms with Crippen LogP contribution in [0.3, 0.4) is 0 Å². The van der Waals surface area contributed by atoms with Crippen LogP contribution in [0.1, 0.15) is 35.4 Å². The van der Waals surface area contributed by atoms with E-state index in [2.05, 4.69) is 47.4 Å². The average Bonchev–Trinajstić information content (AvgIpc) is 2.80. The standard InChI is InChI=1S/C18H14.C9H6N2O2/c1-2-5-12-11(4-1)16-9-8-15-13-6-3-7-14(15)18(16)10-17(12)13;12-11(13)9-5-6-10-8-4-2-1-3-7(8)9/h1-2,4-5,8-10,13H,3,6-7H2;1-6H. The number of para-hydroxylation sites is 1. The molecule has 0 amide bonds. The van der Waals surface area contributed by atoms with E-state index in [0.717, 1.165) is 0 Å². The zero-order valence-electron chi connectivity index (χ0n) is 16.9. The Morgan fingerprint density at radius 3 is 2.39 bits per heavy atom. The van der Waals surface area contributed by atoms with Gasteiger partial charge in [0.25, 0.3) is 5.69 Å². The van der Waals surface area contributed by atoms with Crippen LogP contribution in [0.5, 0.6) is 0 Å². The molecule has 7 rings (SSSR count). The van der Waals surface area contributed by atoms with E-state index in [9.17, 15) is 10.1 Å². The minimum atomic E-state index is -0.399. The molecule has 0 saturated carbocycles. The molecule has 0 saturated heterocycles. The van der Waals surface area contributed by atoms with Gasteiger partial charge in [0.15, 0.2) is 0 Å². The van der Waals surface area contributed by atoms with E-state index in [1.54, 1.807) is 41.0 Å². The first-order chi connectivity index (χ1) is 15.2. The molecule has 150 valence electrons.